The second-order valence-electron chi connectivity index (χ2n) is 12.0. The van der Waals surface area contributed by atoms with Crippen molar-refractivity contribution in [2.75, 3.05) is 7.11 Å². The molecule has 1 heterocycles. The Hall–Kier alpha value is -2.45. The fraction of sp³-hybridized carbons (Fsp3) is 0.500. The van der Waals surface area contributed by atoms with Crippen LogP contribution in [0.3, 0.4) is 0 Å². The molecule has 1 unspecified atom stereocenters. The van der Waals surface area contributed by atoms with Gasteiger partial charge < -0.3 is 19.0 Å². The molecule has 0 amide bonds. The molecule has 0 aliphatic rings. The molecule has 40 heavy (non-hydrogen) atoms. The molecule has 0 radical (unpaired) electrons. The predicted octanol–water partition coefficient (Wildman–Crippen LogP) is 7.32. The molecule has 0 bridgehead atoms. The lowest BCUT2D eigenvalue weighted by molar-refractivity contribution is -0.143. The van der Waals surface area contributed by atoms with Crippen molar-refractivity contribution in [1.82, 2.24) is 14.9 Å². The van der Waals surface area contributed by atoms with Gasteiger partial charge in [-0.25, -0.2) is 4.98 Å². The summed E-state index contributed by atoms with van der Waals surface area (Å²) in [5, 5.41) is 4.03. The van der Waals surface area contributed by atoms with Gasteiger partial charge in [0.25, 0.3) is 0 Å². The Labute approximate surface area is 246 Å². The van der Waals surface area contributed by atoms with Crippen LogP contribution >= 0.6 is 11.6 Å². The number of aryl methyl sites for hydroxylation is 1. The van der Waals surface area contributed by atoms with Crippen molar-refractivity contribution in [1.29, 1.82) is 0 Å². The Kier molecular flexibility index (Phi) is 11.6. The van der Waals surface area contributed by atoms with Gasteiger partial charge >= 0.3 is 5.97 Å². The third-order valence-electron chi connectivity index (χ3n) is 7.92. The molecule has 0 aliphatic carbocycles. The fourth-order valence-electron chi connectivity index (χ4n) is 4.24. The van der Waals surface area contributed by atoms with Crippen LogP contribution in [-0.2, 0) is 46.5 Å². The number of hydrogen-bond donors (Lipinski definition) is 1. The highest BCUT2D eigenvalue weighted by molar-refractivity contribution is 6.74. The smallest absolute Gasteiger partial charge is 0.323 e. The Morgan fingerprint density at radius 1 is 1.05 bits per heavy atom. The average Bonchev–Trinajstić information content (AvgIpc) is 3.22. The molecule has 3 aromatic rings. The maximum Gasteiger partial charge on any atom is 0.323 e. The molecule has 218 valence electrons. The van der Waals surface area contributed by atoms with Crippen molar-refractivity contribution in [2.45, 2.75) is 97.2 Å². The third kappa shape index (κ3) is 8.77. The van der Waals surface area contributed by atoms with E-state index < -0.39 is 14.4 Å². The topological polar surface area (TPSA) is 65.4 Å². The summed E-state index contributed by atoms with van der Waals surface area (Å²) in [6.07, 6.45) is 3.62. The van der Waals surface area contributed by atoms with Gasteiger partial charge in [-0.05, 0) is 47.7 Å². The maximum absolute atomic E-state index is 12.4. The summed E-state index contributed by atoms with van der Waals surface area (Å²) in [5.41, 5.74) is 4.30. The first-order valence-electron chi connectivity index (χ1n) is 14.3. The maximum atomic E-state index is 12.4. The molecule has 0 fully saturated rings. The van der Waals surface area contributed by atoms with Crippen LogP contribution in [0.4, 0.5) is 0 Å². The van der Waals surface area contributed by atoms with Crippen LogP contribution in [0.5, 0.6) is 0 Å². The van der Waals surface area contributed by atoms with Crippen molar-refractivity contribution in [3.8, 4) is 0 Å². The van der Waals surface area contributed by atoms with Gasteiger partial charge in [-0.2, -0.15) is 0 Å². The monoisotopic (exact) mass is 583 g/mol. The zero-order chi connectivity index (χ0) is 29.3. The highest BCUT2D eigenvalue weighted by atomic mass is 35.5. The highest BCUT2D eigenvalue weighted by Crippen LogP contribution is 2.37. The van der Waals surface area contributed by atoms with Crippen molar-refractivity contribution in [2.24, 2.45) is 0 Å². The number of carbonyl (C=O) groups excluding carboxylic acids is 1. The largest absolute Gasteiger partial charge is 0.468 e. The first-order valence-corrected chi connectivity index (χ1v) is 17.5. The molecule has 1 N–H and O–H groups in total. The van der Waals surface area contributed by atoms with Gasteiger partial charge in [0.1, 0.15) is 11.9 Å². The van der Waals surface area contributed by atoms with Crippen molar-refractivity contribution < 1.29 is 14.0 Å². The van der Waals surface area contributed by atoms with Crippen LogP contribution in [0.15, 0.2) is 54.6 Å². The van der Waals surface area contributed by atoms with Crippen LogP contribution < -0.4 is 5.32 Å². The Balaban J connectivity index is 1.73. The van der Waals surface area contributed by atoms with Gasteiger partial charge in [-0.1, -0.05) is 100 Å². The number of hydrogen-bond acceptors (Lipinski definition) is 5. The highest BCUT2D eigenvalue weighted by Gasteiger charge is 2.37. The van der Waals surface area contributed by atoms with Gasteiger partial charge in [-0.15, -0.1) is 0 Å². The Morgan fingerprint density at radius 3 is 2.30 bits per heavy atom. The van der Waals surface area contributed by atoms with E-state index >= 15 is 0 Å². The van der Waals surface area contributed by atoms with Crippen LogP contribution in [0.1, 0.15) is 68.7 Å². The lowest BCUT2D eigenvalue weighted by Gasteiger charge is -2.36. The number of unbranched alkanes of at least 4 members (excludes halogenated alkanes) is 1. The fourth-order valence-corrected chi connectivity index (χ4v) is 5.42. The standard InChI is InChI=1S/C32H46ClN3O3Si/c1-8-9-15-29-35-30(33)28(23-39-40(6,7)32(2,3)4)36(29)22-26-18-16-25(17-19-26)21-34-27(31(37)38-5)20-24-13-11-10-12-14-24/h10-14,16-19,27,34H,8-9,15,20-23H2,1-7H3. The quantitative estimate of drug-likeness (QED) is 0.159. The molecular weight excluding hydrogens is 538 g/mol. The number of nitrogens with zero attached hydrogens (tertiary/aromatic N) is 2. The second kappa shape index (κ2) is 14.4. The number of esters is 1. The summed E-state index contributed by atoms with van der Waals surface area (Å²) < 4.78 is 13.8. The molecule has 0 saturated carbocycles. The zero-order valence-electron chi connectivity index (χ0n) is 25.2. The van der Waals surface area contributed by atoms with Gasteiger partial charge in [0.2, 0.25) is 0 Å². The van der Waals surface area contributed by atoms with Crippen molar-refractivity contribution in [3.05, 3.63) is 88.0 Å². The average molecular weight is 584 g/mol. The SMILES string of the molecule is CCCCc1nc(Cl)c(CO[Si](C)(C)C(C)(C)C)n1Cc1ccc(CNC(Cc2ccccc2)C(=O)OC)cc1. The lowest BCUT2D eigenvalue weighted by atomic mass is 10.1. The van der Waals surface area contributed by atoms with E-state index in [1.165, 1.54) is 7.11 Å². The molecule has 8 heteroatoms. The lowest BCUT2D eigenvalue weighted by Crippen LogP contribution is -2.40. The number of nitrogens with one attached hydrogen (secondary N) is 1. The van der Waals surface area contributed by atoms with Gasteiger partial charge in [0.05, 0.1) is 19.4 Å². The third-order valence-corrected chi connectivity index (χ3v) is 12.7. The molecule has 0 spiro atoms. The van der Waals surface area contributed by atoms with Crippen LogP contribution in [0, 0.1) is 0 Å². The van der Waals surface area contributed by atoms with E-state index in [-0.39, 0.29) is 11.0 Å². The minimum Gasteiger partial charge on any atom is -0.468 e. The van der Waals surface area contributed by atoms with E-state index in [9.17, 15) is 4.79 Å². The predicted molar refractivity (Wildman–Crippen MR) is 166 cm³/mol. The molecule has 1 atom stereocenters. The Bertz CT molecular complexity index is 1220. The summed E-state index contributed by atoms with van der Waals surface area (Å²) in [6.45, 7) is 15.2. The Morgan fingerprint density at radius 2 is 1.70 bits per heavy atom. The van der Waals surface area contributed by atoms with Crippen molar-refractivity contribution >= 4 is 25.9 Å². The molecule has 2 aromatic carbocycles. The molecular formula is C32H46ClN3O3Si. The van der Waals surface area contributed by atoms with Gasteiger partial charge in [0.15, 0.2) is 13.5 Å². The molecule has 1 aromatic heterocycles. The van der Waals surface area contributed by atoms with Gasteiger partial charge in [0, 0.05) is 19.5 Å². The van der Waals surface area contributed by atoms with Crippen LogP contribution in [0.2, 0.25) is 23.3 Å². The number of benzene rings is 2. The van der Waals surface area contributed by atoms with Crippen molar-refractivity contribution in [3.63, 3.8) is 0 Å². The molecule has 3 rings (SSSR count). The van der Waals surface area contributed by atoms with E-state index in [1.807, 2.05) is 30.3 Å². The number of aromatic nitrogens is 2. The minimum absolute atomic E-state index is 0.118. The second-order valence-corrected chi connectivity index (χ2v) is 17.1. The summed E-state index contributed by atoms with van der Waals surface area (Å²) in [5.74, 6) is 0.748. The number of carbonyl (C=O) groups is 1. The number of imidazole rings is 1. The van der Waals surface area contributed by atoms with E-state index in [0.29, 0.717) is 31.3 Å². The van der Waals surface area contributed by atoms with E-state index in [2.05, 4.69) is 74.9 Å². The number of methoxy groups -OCH3 is 1. The van der Waals surface area contributed by atoms with Gasteiger partial charge in [-0.3, -0.25) is 4.79 Å². The zero-order valence-corrected chi connectivity index (χ0v) is 27.0. The minimum atomic E-state index is -1.94. The first kappa shape index (κ1) is 32.1. The number of halogens is 1. The number of rotatable bonds is 14. The first-order chi connectivity index (χ1) is 18.9. The molecule has 6 nitrogen and oxygen atoms in total. The normalized spacial score (nSPS) is 12.9. The number of ether oxygens (including phenoxy) is 1. The van der Waals surface area contributed by atoms with E-state index in [0.717, 1.165) is 47.5 Å². The van der Waals surface area contributed by atoms with E-state index in [4.69, 9.17) is 25.7 Å². The summed E-state index contributed by atoms with van der Waals surface area (Å²) in [4.78, 5) is 17.1. The summed E-state index contributed by atoms with van der Waals surface area (Å²) in [6, 6.07) is 18.1. The van der Waals surface area contributed by atoms with Crippen LogP contribution in [0.25, 0.3) is 0 Å². The summed E-state index contributed by atoms with van der Waals surface area (Å²) >= 11 is 6.69. The summed E-state index contributed by atoms with van der Waals surface area (Å²) in [7, 11) is -0.513. The molecule has 0 saturated heterocycles. The molecule has 0 aliphatic heterocycles. The van der Waals surface area contributed by atoms with Crippen LogP contribution in [-0.4, -0.2) is 37.0 Å². The van der Waals surface area contributed by atoms with E-state index in [1.54, 1.807) is 0 Å².